The summed E-state index contributed by atoms with van der Waals surface area (Å²) in [5.41, 5.74) is 2.20. The van der Waals surface area contributed by atoms with Crippen LogP contribution >= 0.6 is 0 Å². The van der Waals surface area contributed by atoms with E-state index in [1.807, 2.05) is 24.3 Å². The van der Waals surface area contributed by atoms with Gasteiger partial charge in [-0.3, -0.25) is 9.59 Å². The summed E-state index contributed by atoms with van der Waals surface area (Å²) in [4.78, 5) is 25.1. The number of para-hydroxylation sites is 1. The maximum Gasteiger partial charge on any atom is 0.152 e. The van der Waals surface area contributed by atoms with Gasteiger partial charge in [-0.25, -0.2) is 0 Å². The van der Waals surface area contributed by atoms with Crippen molar-refractivity contribution in [3.05, 3.63) is 35.5 Å². The van der Waals surface area contributed by atoms with Gasteiger partial charge in [-0.15, -0.1) is 0 Å². The molecule has 1 N–H and O–H groups in total. The van der Waals surface area contributed by atoms with Crippen LogP contribution in [0, 0.1) is 0 Å². The van der Waals surface area contributed by atoms with Gasteiger partial charge in [-0.1, -0.05) is 18.2 Å². The summed E-state index contributed by atoms with van der Waals surface area (Å²) >= 11 is 0. The lowest BCUT2D eigenvalue weighted by molar-refractivity contribution is -0.116. The Morgan fingerprint density at radius 2 is 2.13 bits per heavy atom. The third-order valence-corrected chi connectivity index (χ3v) is 2.37. The first-order valence-electron chi connectivity index (χ1n) is 4.76. The zero-order chi connectivity index (χ0) is 10.8. The van der Waals surface area contributed by atoms with Gasteiger partial charge in [0.25, 0.3) is 0 Å². The van der Waals surface area contributed by atoms with Gasteiger partial charge < -0.3 is 4.98 Å². The summed E-state index contributed by atoms with van der Waals surface area (Å²) in [6, 6.07) is 7.54. The van der Waals surface area contributed by atoms with Gasteiger partial charge in [-0.2, -0.15) is 0 Å². The van der Waals surface area contributed by atoms with Gasteiger partial charge in [0.1, 0.15) is 5.78 Å². The van der Waals surface area contributed by atoms with Gasteiger partial charge in [0.15, 0.2) is 6.29 Å². The number of fused-ring (bicyclic) bond motifs is 1. The number of rotatable bonds is 3. The highest BCUT2D eigenvalue weighted by Gasteiger charge is 2.11. The van der Waals surface area contributed by atoms with Crippen LogP contribution in [0.4, 0.5) is 0 Å². The Bertz CT molecular complexity index is 525. The summed E-state index contributed by atoms with van der Waals surface area (Å²) in [6.07, 6.45) is 1.08. The highest BCUT2D eigenvalue weighted by atomic mass is 16.1. The van der Waals surface area contributed by atoms with Crippen molar-refractivity contribution in [3.63, 3.8) is 0 Å². The second-order valence-electron chi connectivity index (χ2n) is 3.56. The van der Waals surface area contributed by atoms with Crippen LogP contribution in [0.3, 0.4) is 0 Å². The number of aromatic nitrogens is 1. The lowest BCUT2D eigenvalue weighted by Gasteiger charge is -1.93. The van der Waals surface area contributed by atoms with E-state index in [0.29, 0.717) is 11.3 Å². The quantitative estimate of drug-likeness (QED) is 0.773. The molecule has 2 aromatic rings. The van der Waals surface area contributed by atoms with Crippen LogP contribution in [0.25, 0.3) is 10.9 Å². The van der Waals surface area contributed by atoms with Crippen molar-refractivity contribution in [2.24, 2.45) is 0 Å². The molecular formula is C12H11NO2. The fourth-order valence-electron chi connectivity index (χ4n) is 1.74. The van der Waals surface area contributed by atoms with Crippen LogP contribution in [0.2, 0.25) is 0 Å². The molecule has 0 spiro atoms. The Labute approximate surface area is 87.1 Å². The lowest BCUT2D eigenvalue weighted by atomic mass is 10.1. The molecule has 1 heterocycles. The fourth-order valence-corrected chi connectivity index (χ4v) is 1.74. The largest absolute Gasteiger partial charge is 0.357 e. The van der Waals surface area contributed by atoms with E-state index in [9.17, 15) is 9.59 Å². The Morgan fingerprint density at radius 3 is 2.80 bits per heavy atom. The van der Waals surface area contributed by atoms with Crippen LogP contribution in [-0.2, 0) is 11.2 Å². The predicted molar refractivity (Wildman–Crippen MR) is 58.1 cm³/mol. The second-order valence-corrected chi connectivity index (χ2v) is 3.56. The van der Waals surface area contributed by atoms with Gasteiger partial charge in [0, 0.05) is 28.6 Å². The van der Waals surface area contributed by atoms with E-state index in [-0.39, 0.29) is 12.2 Å². The molecule has 1 aromatic heterocycles. The molecule has 0 aliphatic heterocycles. The highest BCUT2D eigenvalue weighted by Crippen LogP contribution is 2.20. The van der Waals surface area contributed by atoms with Crippen LogP contribution in [-0.4, -0.2) is 17.1 Å². The van der Waals surface area contributed by atoms with Gasteiger partial charge >= 0.3 is 0 Å². The topological polar surface area (TPSA) is 49.9 Å². The number of aromatic amines is 1. The van der Waals surface area contributed by atoms with Crippen molar-refractivity contribution in [2.45, 2.75) is 13.3 Å². The maximum absolute atomic E-state index is 11.0. The number of hydrogen-bond donors (Lipinski definition) is 1. The Morgan fingerprint density at radius 1 is 1.40 bits per heavy atom. The number of ketones is 1. The normalized spacial score (nSPS) is 10.5. The summed E-state index contributed by atoms with van der Waals surface area (Å²) in [5.74, 6) is 0.0460. The van der Waals surface area contributed by atoms with Crippen molar-refractivity contribution in [1.82, 2.24) is 4.98 Å². The average molecular weight is 201 g/mol. The van der Waals surface area contributed by atoms with Crippen LogP contribution in [0.5, 0.6) is 0 Å². The number of Topliss-reactive ketones (excluding diaryl/α,β-unsaturated/α-hetero) is 1. The number of carbonyl (C=O) groups is 2. The molecule has 0 atom stereocenters. The number of hydrogen-bond acceptors (Lipinski definition) is 2. The van der Waals surface area contributed by atoms with Crippen molar-refractivity contribution in [1.29, 1.82) is 0 Å². The molecule has 0 bridgehead atoms. The Kier molecular flexibility index (Phi) is 2.37. The lowest BCUT2D eigenvalue weighted by Crippen LogP contribution is -1.99. The first-order chi connectivity index (χ1) is 7.22. The Balaban J connectivity index is 2.63. The van der Waals surface area contributed by atoms with E-state index in [4.69, 9.17) is 0 Å². The number of carbonyl (C=O) groups excluding carboxylic acids is 2. The zero-order valence-electron chi connectivity index (χ0n) is 8.41. The first kappa shape index (κ1) is 9.65. The molecule has 0 saturated heterocycles. The van der Waals surface area contributed by atoms with Crippen molar-refractivity contribution in [2.75, 3.05) is 0 Å². The van der Waals surface area contributed by atoms with E-state index in [0.717, 1.165) is 17.2 Å². The van der Waals surface area contributed by atoms with E-state index >= 15 is 0 Å². The molecule has 3 nitrogen and oxygen atoms in total. The molecule has 2 rings (SSSR count). The number of H-pyrrole nitrogens is 1. The number of nitrogens with one attached hydrogen (secondary N) is 1. The summed E-state index contributed by atoms with van der Waals surface area (Å²) in [7, 11) is 0. The molecule has 0 saturated carbocycles. The first-order valence-corrected chi connectivity index (χ1v) is 4.76. The molecule has 1 aromatic carbocycles. The summed E-state index contributed by atoms with van der Waals surface area (Å²) in [6.45, 7) is 1.51. The average Bonchev–Trinajstić information content (AvgIpc) is 2.53. The van der Waals surface area contributed by atoms with E-state index in [1.165, 1.54) is 6.92 Å². The SMILES string of the molecule is CC(=O)Cc1[nH]c2ccccc2c1C=O. The second kappa shape index (κ2) is 3.69. The maximum atomic E-state index is 11.0. The van der Waals surface area contributed by atoms with Crippen LogP contribution < -0.4 is 0 Å². The van der Waals surface area contributed by atoms with Crippen LogP contribution in [0.15, 0.2) is 24.3 Å². The third kappa shape index (κ3) is 1.68. The number of benzene rings is 1. The van der Waals surface area contributed by atoms with E-state index in [1.54, 1.807) is 0 Å². The Hall–Kier alpha value is -1.90. The molecule has 0 unspecified atom stereocenters. The third-order valence-electron chi connectivity index (χ3n) is 2.37. The minimum atomic E-state index is 0.0460. The summed E-state index contributed by atoms with van der Waals surface area (Å²) < 4.78 is 0. The molecular weight excluding hydrogens is 190 g/mol. The van der Waals surface area contributed by atoms with Crippen molar-refractivity contribution in [3.8, 4) is 0 Å². The molecule has 76 valence electrons. The monoisotopic (exact) mass is 201 g/mol. The van der Waals surface area contributed by atoms with Gasteiger partial charge in [0.2, 0.25) is 0 Å². The standard InChI is InChI=1S/C12H11NO2/c1-8(15)6-12-10(7-14)9-4-2-3-5-11(9)13-12/h2-5,7,13H,6H2,1H3. The number of aldehydes is 1. The molecule has 0 radical (unpaired) electrons. The smallest absolute Gasteiger partial charge is 0.152 e. The summed E-state index contributed by atoms with van der Waals surface area (Å²) in [5, 5.41) is 0.878. The fraction of sp³-hybridized carbons (Fsp3) is 0.167. The van der Waals surface area contributed by atoms with Gasteiger partial charge in [0.05, 0.1) is 0 Å². The molecule has 0 amide bonds. The van der Waals surface area contributed by atoms with E-state index < -0.39 is 0 Å². The predicted octanol–water partition coefficient (Wildman–Crippen LogP) is 2.11. The van der Waals surface area contributed by atoms with E-state index in [2.05, 4.69) is 4.98 Å². The molecule has 0 aliphatic carbocycles. The van der Waals surface area contributed by atoms with Gasteiger partial charge in [-0.05, 0) is 13.0 Å². The molecule has 15 heavy (non-hydrogen) atoms. The minimum Gasteiger partial charge on any atom is -0.357 e. The highest BCUT2D eigenvalue weighted by molar-refractivity contribution is 6.00. The minimum absolute atomic E-state index is 0.0460. The molecule has 3 heteroatoms. The molecule has 0 aliphatic rings. The molecule has 0 fully saturated rings. The van der Waals surface area contributed by atoms with Crippen molar-refractivity contribution < 1.29 is 9.59 Å². The van der Waals surface area contributed by atoms with Crippen LogP contribution in [0.1, 0.15) is 23.0 Å². The van der Waals surface area contributed by atoms with Crippen molar-refractivity contribution >= 4 is 23.0 Å². The zero-order valence-corrected chi connectivity index (χ0v) is 8.41.